The minimum atomic E-state index is 0.262. The zero-order valence-electron chi connectivity index (χ0n) is 15.2. The van der Waals surface area contributed by atoms with Crippen molar-refractivity contribution < 1.29 is 4.79 Å². The van der Waals surface area contributed by atoms with E-state index in [4.69, 9.17) is 4.98 Å². The molecule has 0 bridgehead atoms. The molecule has 2 aromatic rings. The van der Waals surface area contributed by atoms with Crippen molar-refractivity contribution in [1.82, 2.24) is 19.9 Å². The van der Waals surface area contributed by atoms with Gasteiger partial charge in [-0.1, -0.05) is 6.42 Å². The van der Waals surface area contributed by atoms with E-state index in [-0.39, 0.29) is 11.8 Å². The number of nitrogens with zero attached hydrogens (tertiary/aromatic N) is 4. The summed E-state index contributed by atoms with van der Waals surface area (Å²) in [6, 6.07) is 5.88. The largest absolute Gasteiger partial charge is 0.373 e. The SMILES string of the molecule is CNc1cc([C@H]2CCCN(C(=O)C3CCC3)C2)nc(-c2cccnc2)n1. The van der Waals surface area contributed by atoms with Gasteiger partial charge in [-0.2, -0.15) is 0 Å². The molecule has 1 saturated carbocycles. The molecule has 2 aromatic heterocycles. The average molecular weight is 351 g/mol. The number of piperidine rings is 1. The number of hydrogen-bond acceptors (Lipinski definition) is 5. The highest BCUT2D eigenvalue weighted by atomic mass is 16.2. The third kappa shape index (κ3) is 3.41. The summed E-state index contributed by atoms with van der Waals surface area (Å²) < 4.78 is 0. The van der Waals surface area contributed by atoms with Gasteiger partial charge in [0.1, 0.15) is 5.82 Å². The van der Waals surface area contributed by atoms with Crippen molar-refractivity contribution in [3.63, 3.8) is 0 Å². The van der Waals surface area contributed by atoms with Crippen LogP contribution < -0.4 is 5.32 Å². The van der Waals surface area contributed by atoms with Gasteiger partial charge in [0, 0.05) is 56.0 Å². The van der Waals surface area contributed by atoms with Gasteiger partial charge >= 0.3 is 0 Å². The molecule has 1 atom stereocenters. The summed E-state index contributed by atoms with van der Waals surface area (Å²) in [6.07, 6.45) is 8.93. The number of carbonyl (C=O) groups is 1. The van der Waals surface area contributed by atoms with Crippen molar-refractivity contribution in [3.8, 4) is 11.4 Å². The first-order valence-electron chi connectivity index (χ1n) is 9.50. The number of anilines is 1. The topological polar surface area (TPSA) is 71.0 Å². The van der Waals surface area contributed by atoms with Crippen LogP contribution in [0.15, 0.2) is 30.6 Å². The standard InChI is InChI=1S/C20H25N5O/c1-21-18-11-17(23-19(24-18)15-7-3-9-22-12-15)16-8-4-10-25(13-16)20(26)14-5-2-6-14/h3,7,9,11-12,14,16H,2,4-6,8,10,13H2,1H3,(H,21,23,24)/t16-/m0/s1. The molecule has 1 saturated heterocycles. The first-order chi connectivity index (χ1) is 12.7. The Morgan fingerprint density at radius 3 is 2.81 bits per heavy atom. The van der Waals surface area contributed by atoms with Crippen molar-refractivity contribution in [3.05, 3.63) is 36.3 Å². The van der Waals surface area contributed by atoms with Crippen LogP contribution >= 0.6 is 0 Å². The lowest BCUT2D eigenvalue weighted by Crippen LogP contribution is -2.44. The van der Waals surface area contributed by atoms with Crippen LogP contribution in [0.2, 0.25) is 0 Å². The molecule has 2 fully saturated rings. The van der Waals surface area contributed by atoms with E-state index in [2.05, 4.69) is 20.2 Å². The summed E-state index contributed by atoms with van der Waals surface area (Å²) in [5.74, 6) is 2.35. The molecule has 0 unspecified atom stereocenters. The summed E-state index contributed by atoms with van der Waals surface area (Å²) in [5.41, 5.74) is 1.92. The quantitative estimate of drug-likeness (QED) is 0.916. The zero-order valence-corrected chi connectivity index (χ0v) is 15.2. The van der Waals surface area contributed by atoms with Crippen molar-refractivity contribution in [1.29, 1.82) is 0 Å². The Bertz CT molecular complexity index is 775. The fourth-order valence-corrected chi connectivity index (χ4v) is 3.76. The first kappa shape index (κ1) is 16.9. The summed E-state index contributed by atoms with van der Waals surface area (Å²) in [5, 5.41) is 3.14. The highest BCUT2D eigenvalue weighted by molar-refractivity contribution is 5.79. The van der Waals surface area contributed by atoms with E-state index in [1.807, 2.05) is 25.2 Å². The third-order valence-electron chi connectivity index (χ3n) is 5.53. The molecule has 6 heteroatoms. The van der Waals surface area contributed by atoms with E-state index < -0.39 is 0 Å². The summed E-state index contributed by atoms with van der Waals surface area (Å²) in [6.45, 7) is 1.65. The molecular weight excluding hydrogens is 326 g/mol. The van der Waals surface area contributed by atoms with Crippen LogP contribution in [0.3, 0.4) is 0 Å². The van der Waals surface area contributed by atoms with E-state index in [9.17, 15) is 4.79 Å². The van der Waals surface area contributed by atoms with Crippen LogP contribution in [0, 0.1) is 5.92 Å². The fourth-order valence-electron chi connectivity index (χ4n) is 3.76. The van der Waals surface area contributed by atoms with Gasteiger partial charge in [-0.05, 0) is 37.8 Å². The van der Waals surface area contributed by atoms with Gasteiger partial charge in [0.25, 0.3) is 0 Å². The molecular formula is C20H25N5O. The Labute approximate surface area is 154 Å². The van der Waals surface area contributed by atoms with Crippen LogP contribution in [0.5, 0.6) is 0 Å². The van der Waals surface area contributed by atoms with Gasteiger partial charge in [0.2, 0.25) is 5.91 Å². The predicted octanol–water partition coefficient (Wildman–Crippen LogP) is 3.09. The second kappa shape index (κ2) is 7.40. The van der Waals surface area contributed by atoms with Crippen molar-refractivity contribution in [2.45, 2.75) is 38.0 Å². The van der Waals surface area contributed by atoms with Gasteiger partial charge in [-0.25, -0.2) is 9.97 Å². The maximum absolute atomic E-state index is 12.6. The molecule has 4 rings (SSSR count). The fraction of sp³-hybridized carbons (Fsp3) is 0.500. The maximum Gasteiger partial charge on any atom is 0.225 e. The first-order valence-corrected chi connectivity index (χ1v) is 9.50. The average Bonchev–Trinajstić information content (AvgIpc) is 2.67. The molecule has 1 aliphatic carbocycles. The third-order valence-corrected chi connectivity index (χ3v) is 5.53. The van der Waals surface area contributed by atoms with Crippen LogP contribution in [0.4, 0.5) is 5.82 Å². The van der Waals surface area contributed by atoms with Gasteiger partial charge in [-0.3, -0.25) is 9.78 Å². The number of carbonyl (C=O) groups excluding carboxylic acids is 1. The zero-order chi connectivity index (χ0) is 17.9. The second-order valence-electron chi connectivity index (χ2n) is 7.24. The van der Waals surface area contributed by atoms with Gasteiger partial charge < -0.3 is 10.2 Å². The van der Waals surface area contributed by atoms with E-state index in [0.717, 1.165) is 55.8 Å². The molecule has 3 heterocycles. The molecule has 0 radical (unpaired) electrons. The van der Waals surface area contributed by atoms with Crippen LogP contribution in [-0.2, 0) is 4.79 Å². The maximum atomic E-state index is 12.6. The molecule has 0 aromatic carbocycles. The highest BCUT2D eigenvalue weighted by Crippen LogP contribution is 2.33. The molecule has 26 heavy (non-hydrogen) atoms. The number of likely N-dealkylation sites (tertiary alicyclic amines) is 1. The lowest BCUT2D eigenvalue weighted by Gasteiger charge is -2.37. The molecule has 1 amide bonds. The minimum Gasteiger partial charge on any atom is -0.373 e. The Morgan fingerprint density at radius 2 is 2.12 bits per heavy atom. The number of nitrogens with one attached hydrogen (secondary N) is 1. The van der Waals surface area contributed by atoms with Gasteiger partial charge in [-0.15, -0.1) is 0 Å². The molecule has 6 nitrogen and oxygen atoms in total. The molecule has 136 valence electrons. The Kier molecular flexibility index (Phi) is 4.82. The second-order valence-corrected chi connectivity index (χ2v) is 7.24. The summed E-state index contributed by atoms with van der Waals surface area (Å²) >= 11 is 0. The Hall–Kier alpha value is -2.50. The number of rotatable bonds is 4. The molecule has 0 spiro atoms. The van der Waals surface area contributed by atoms with Crippen LogP contribution in [-0.4, -0.2) is 45.9 Å². The van der Waals surface area contributed by atoms with E-state index in [0.29, 0.717) is 11.7 Å². The Morgan fingerprint density at radius 1 is 1.23 bits per heavy atom. The number of pyridine rings is 1. The Balaban J connectivity index is 1.59. The van der Waals surface area contributed by atoms with Crippen molar-refractivity contribution in [2.24, 2.45) is 5.92 Å². The molecule has 1 aliphatic heterocycles. The monoisotopic (exact) mass is 351 g/mol. The van der Waals surface area contributed by atoms with Crippen molar-refractivity contribution in [2.75, 3.05) is 25.5 Å². The lowest BCUT2D eigenvalue weighted by atomic mass is 9.83. The van der Waals surface area contributed by atoms with Gasteiger partial charge in [0.05, 0.1) is 5.69 Å². The number of amides is 1. The summed E-state index contributed by atoms with van der Waals surface area (Å²) in [7, 11) is 1.87. The van der Waals surface area contributed by atoms with E-state index in [1.165, 1.54) is 6.42 Å². The minimum absolute atomic E-state index is 0.262. The molecule has 2 aliphatic rings. The number of hydrogen-bond donors (Lipinski definition) is 1. The number of aromatic nitrogens is 3. The van der Waals surface area contributed by atoms with Crippen LogP contribution in [0.1, 0.15) is 43.7 Å². The van der Waals surface area contributed by atoms with Gasteiger partial charge in [0.15, 0.2) is 5.82 Å². The summed E-state index contributed by atoms with van der Waals surface area (Å²) in [4.78, 5) is 28.3. The normalized spacial score (nSPS) is 20.5. The lowest BCUT2D eigenvalue weighted by molar-refractivity contribution is -0.139. The van der Waals surface area contributed by atoms with E-state index >= 15 is 0 Å². The van der Waals surface area contributed by atoms with Crippen molar-refractivity contribution >= 4 is 11.7 Å². The van der Waals surface area contributed by atoms with E-state index in [1.54, 1.807) is 12.4 Å². The molecule has 1 N–H and O–H groups in total. The highest BCUT2D eigenvalue weighted by Gasteiger charge is 2.33. The predicted molar refractivity (Wildman–Crippen MR) is 101 cm³/mol. The van der Waals surface area contributed by atoms with Crippen LogP contribution in [0.25, 0.3) is 11.4 Å². The smallest absolute Gasteiger partial charge is 0.225 e.